The molecule has 2 aromatic heterocycles. The molecule has 0 spiro atoms. The maximum Gasteiger partial charge on any atom is 0.298 e. The first-order valence-electron chi connectivity index (χ1n) is 10.9. The van der Waals surface area contributed by atoms with Crippen LogP contribution in [0.5, 0.6) is 11.5 Å². The highest BCUT2D eigenvalue weighted by Gasteiger charge is 2.27. The van der Waals surface area contributed by atoms with Crippen LogP contribution < -0.4 is 14.2 Å². The number of anilines is 1. The van der Waals surface area contributed by atoms with Crippen molar-refractivity contribution in [1.29, 1.82) is 0 Å². The molecule has 0 atom stereocenters. The van der Waals surface area contributed by atoms with E-state index in [2.05, 4.69) is 20.9 Å². The van der Waals surface area contributed by atoms with Crippen LogP contribution in [0.15, 0.2) is 45.9 Å². The third kappa shape index (κ3) is 4.54. The lowest BCUT2D eigenvalue weighted by Crippen LogP contribution is -2.24. The summed E-state index contributed by atoms with van der Waals surface area (Å²) < 4.78 is 46.6. The normalized spacial score (nSPS) is 12.9. The minimum Gasteiger partial charge on any atom is -0.496 e. The Morgan fingerprint density at radius 3 is 2.70 bits per heavy atom. The van der Waals surface area contributed by atoms with Gasteiger partial charge in [0.25, 0.3) is 15.9 Å². The third-order valence-electron chi connectivity index (χ3n) is 5.85. The molecule has 37 heavy (non-hydrogen) atoms. The number of aromatic nitrogens is 3. The highest BCUT2D eigenvalue weighted by atomic mass is 35.5. The number of terminal acetylenes is 1. The molecule has 5 rings (SSSR count). The smallest absolute Gasteiger partial charge is 0.298 e. The number of carbonyl (C=O) groups is 1. The topological polar surface area (TPSA) is 129 Å². The summed E-state index contributed by atoms with van der Waals surface area (Å²) in [5.41, 5.74) is 2.80. The molecule has 0 saturated heterocycles. The number of rotatable bonds is 7. The summed E-state index contributed by atoms with van der Waals surface area (Å²) in [6, 6.07) is 7.74. The molecule has 1 aliphatic rings. The molecule has 11 nitrogen and oxygen atoms in total. The van der Waals surface area contributed by atoms with E-state index in [0.29, 0.717) is 36.4 Å². The van der Waals surface area contributed by atoms with Gasteiger partial charge in [0.2, 0.25) is 0 Å². The van der Waals surface area contributed by atoms with Crippen molar-refractivity contribution in [3.63, 3.8) is 0 Å². The second kappa shape index (κ2) is 9.34. The van der Waals surface area contributed by atoms with Crippen LogP contribution in [0.25, 0.3) is 11.0 Å². The van der Waals surface area contributed by atoms with Crippen LogP contribution in [-0.4, -0.2) is 48.4 Å². The average molecular weight is 542 g/mol. The van der Waals surface area contributed by atoms with Crippen LogP contribution in [0.4, 0.5) is 5.82 Å². The standard InChI is InChI=1S/C24H20ClN5O6S/c1-4-22(31)29-11-15-12-30(26-17(15)13-29)10-14-7-19(35-3)23-20(8-14)36-27-24(23)28-37(32,33)21-9-16(25)5-6-18(21)34-2/h1,5-9,12H,10-11,13H2,2-3H3,(H,27,28). The van der Waals surface area contributed by atoms with Crippen molar-refractivity contribution in [2.45, 2.75) is 24.5 Å². The van der Waals surface area contributed by atoms with Gasteiger partial charge in [0.1, 0.15) is 21.8 Å². The summed E-state index contributed by atoms with van der Waals surface area (Å²) in [6.07, 6.45) is 7.06. The fourth-order valence-corrected chi connectivity index (χ4v) is 5.61. The monoisotopic (exact) mass is 541 g/mol. The minimum atomic E-state index is -4.13. The molecule has 1 N–H and O–H groups in total. The largest absolute Gasteiger partial charge is 0.496 e. The Bertz CT molecular complexity index is 1660. The second-order valence-corrected chi connectivity index (χ2v) is 10.3. The van der Waals surface area contributed by atoms with E-state index in [4.69, 9.17) is 32.0 Å². The summed E-state index contributed by atoms with van der Waals surface area (Å²) >= 11 is 6.01. The van der Waals surface area contributed by atoms with Crippen LogP contribution in [0, 0.1) is 12.3 Å². The van der Waals surface area contributed by atoms with Gasteiger partial charge in [-0.2, -0.15) is 5.10 Å². The van der Waals surface area contributed by atoms with Gasteiger partial charge in [0.05, 0.1) is 39.5 Å². The third-order valence-corrected chi connectivity index (χ3v) is 7.44. The van der Waals surface area contributed by atoms with Crippen molar-refractivity contribution in [3.05, 3.63) is 58.4 Å². The Balaban J connectivity index is 1.42. The van der Waals surface area contributed by atoms with Gasteiger partial charge in [0.15, 0.2) is 11.4 Å². The van der Waals surface area contributed by atoms with Crippen LogP contribution in [-0.2, 0) is 34.5 Å². The fraction of sp³-hybridized carbons (Fsp3) is 0.208. The summed E-state index contributed by atoms with van der Waals surface area (Å²) in [5, 5.41) is 9.05. The fourth-order valence-electron chi connectivity index (χ4n) is 4.17. The zero-order chi connectivity index (χ0) is 26.3. The van der Waals surface area contributed by atoms with E-state index in [9.17, 15) is 13.2 Å². The maximum atomic E-state index is 13.1. The maximum absolute atomic E-state index is 13.1. The van der Waals surface area contributed by atoms with E-state index in [1.54, 1.807) is 21.7 Å². The molecule has 0 bridgehead atoms. The van der Waals surface area contributed by atoms with E-state index in [0.717, 1.165) is 16.8 Å². The molecule has 0 saturated carbocycles. The van der Waals surface area contributed by atoms with Crippen molar-refractivity contribution in [3.8, 4) is 23.8 Å². The molecule has 1 aliphatic heterocycles. The van der Waals surface area contributed by atoms with E-state index in [1.807, 2.05) is 6.20 Å². The molecular formula is C24H20ClN5O6S. The summed E-state index contributed by atoms with van der Waals surface area (Å²) in [4.78, 5) is 13.1. The van der Waals surface area contributed by atoms with E-state index in [-0.39, 0.29) is 27.4 Å². The Labute approximate surface area is 216 Å². The van der Waals surface area contributed by atoms with Gasteiger partial charge in [0, 0.05) is 16.8 Å². The van der Waals surface area contributed by atoms with Crippen LogP contribution in [0.1, 0.15) is 16.8 Å². The molecular weight excluding hydrogens is 522 g/mol. The van der Waals surface area contributed by atoms with Gasteiger partial charge >= 0.3 is 0 Å². The van der Waals surface area contributed by atoms with E-state index >= 15 is 0 Å². The number of carbonyl (C=O) groups excluding carboxylic acids is 1. The highest BCUT2D eigenvalue weighted by molar-refractivity contribution is 7.92. The van der Waals surface area contributed by atoms with Crippen molar-refractivity contribution < 1.29 is 27.2 Å². The first-order chi connectivity index (χ1) is 17.7. The molecule has 13 heteroatoms. The van der Waals surface area contributed by atoms with Gasteiger partial charge < -0.3 is 18.9 Å². The Morgan fingerprint density at radius 1 is 1.22 bits per heavy atom. The van der Waals surface area contributed by atoms with Crippen molar-refractivity contribution in [1.82, 2.24) is 19.8 Å². The lowest BCUT2D eigenvalue weighted by molar-refractivity contribution is -0.125. The van der Waals surface area contributed by atoms with Gasteiger partial charge in [-0.25, -0.2) is 8.42 Å². The molecule has 0 fully saturated rings. The number of ether oxygens (including phenoxy) is 2. The summed E-state index contributed by atoms with van der Waals surface area (Å²) in [5.74, 6) is 2.18. The molecule has 0 aliphatic carbocycles. The second-order valence-electron chi connectivity index (χ2n) is 8.21. The first-order valence-corrected chi connectivity index (χ1v) is 12.7. The predicted octanol–water partition coefficient (Wildman–Crippen LogP) is 3.02. The van der Waals surface area contributed by atoms with Gasteiger partial charge in [-0.3, -0.25) is 14.2 Å². The van der Waals surface area contributed by atoms with Crippen LogP contribution in [0.3, 0.4) is 0 Å². The first kappa shape index (κ1) is 24.5. The number of amides is 1. The Kier molecular flexibility index (Phi) is 6.18. The summed E-state index contributed by atoms with van der Waals surface area (Å²) in [7, 11) is -1.30. The highest BCUT2D eigenvalue weighted by Crippen LogP contribution is 2.36. The average Bonchev–Trinajstić information content (AvgIpc) is 3.56. The summed E-state index contributed by atoms with van der Waals surface area (Å²) in [6.45, 7) is 1.14. The molecule has 1 amide bonds. The van der Waals surface area contributed by atoms with Crippen molar-refractivity contribution in [2.75, 3.05) is 18.9 Å². The lowest BCUT2D eigenvalue weighted by Gasteiger charge is -2.12. The predicted molar refractivity (Wildman–Crippen MR) is 134 cm³/mol. The zero-order valence-electron chi connectivity index (χ0n) is 19.7. The Morgan fingerprint density at radius 2 is 2.00 bits per heavy atom. The molecule has 0 radical (unpaired) electrons. The zero-order valence-corrected chi connectivity index (χ0v) is 21.3. The number of sulfonamides is 1. The van der Waals surface area contributed by atoms with Gasteiger partial charge in [-0.15, -0.1) is 6.42 Å². The quantitative estimate of drug-likeness (QED) is 0.353. The number of hydrogen-bond acceptors (Lipinski definition) is 8. The Hall–Kier alpha value is -4.21. The van der Waals surface area contributed by atoms with Crippen molar-refractivity contribution in [2.24, 2.45) is 0 Å². The molecule has 4 aromatic rings. The number of hydrogen-bond donors (Lipinski definition) is 1. The molecule has 2 aromatic carbocycles. The van der Waals surface area contributed by atoms with E-state index < -0.39 is 10.0 Å². The molecule has 3 heterocycles. The van der Waals surface area contributed by atoms with Crippen LogP contribution in [0.2, 0.25) is 5.02 Å². The lowest BCUT2D eigenvalue weighted by atomic mass is 10.1. The number of nitrogens with one attached hydrogen (secondary N) is 1. The van der Waals surface area contributed by atoms with Gasteiger partial charge in [-0.1, -0.05) is 16.8 Å². The van der Waals surface area contributed by atoms with Gasteiger partial charge in [-0.05, 0) is 41.8 Å². The van der Waals surface area contributed by atoms with E-state index in [1.165, 1.54) is 32.4 Å². The molecule has 0 unspecified atom stereocenters. The number of fused-ring (bicyclic) bond motifs is 2. The SMILES string of the molecule is C#CC(=O)N1Cc2cn(Cc3cc(OC)c4c(NS(=O)(=O)c5cc(Cl)ccc5OC)noc4c3)nc2C1. The minimum absolute atomic E-state index is 0.0447. The van der Waals surface area contributed by atoms with Crippen molar-refractivity contribution >= 4 is 44.3 Å². The number of nitrogens with zero attached hydrogens (tertiary/aromatic N) is 4. The number of benzene rings is 2. The van der Waals surface area contributed by atoms with Crippen LogP contribution >= 0.6 is 11.6 Å². The number of methoxy groups -OCH3 is 2. The molecule has 190 valence electrons. The number of halogens is 1.